The summed E-state index contributed by atoms with van der Waals surface area (Å²) in [5.74, 6) is 0.391. The van der Waals surface area contributed by atoms with Gasteiger partial charge in [0.15, 0.2) is 0 Å². The molecule has 1 rings (SSSR count). The summed E-state index contributed by atoms with van der Waals surface area (Å²) < 4.78 is 0. The Labute approximate surface area is 102 Å². The lowest BCUT2D eigenvalue weighted by Crippen LogP contribution is -2.20. The molecule has 0 radical (unpaired) electrons. The molecule has 3 heteroatoms. The van der Waals surface area contributed by atoms with Crippen molar-refractivity contribution in [3.63, 3.8) is 0 Å². The Balaban J connectivity index is 2.64. The van der Waals surface area contributed by atoms with Gasteiger partial charge in [-0.05, 0) is 42.6 Å². The van der Waals surface area contributed by atoms with Crippen LogP contribution in [0.5, 0.6) is 0 Å². The molecule has 1 nitrogen and oxygen atoms in total. The van der Waals surface area contributed by atoms with Crippen LogP contribution in [0.25, 0.3) is 0 Å². The predicted molar refractivity (Wildman–Crippen MR) is 68.0 cm³/mol. The minimum Gasteiger partial charge on any atom is -0.316 e. The molecular formula is C12H17Cl2N. The van der Waals surface area contributed by atoms with E-state index in [1.54, 1.807) is 0 Å². The van der Waals surface area contributed by atoms with Crippen LogP contribution in [0.3, 0.4) is 0 Å². The van der Waals surface area contributed by atoms with Gasteiger partial charge in [0.2, 0.25) is 0 Å². The van der Waals surface area contributed by atoms with Gasteiger partial charge in [-0.1, -0.05) is 37.0 Å². The summed E-state index contributed by atoms with van der Waals surface area (Å²) in [6.07, 6.45) is 1.15. The van der Waals surface area contributed by atoms with Gasteiger partial charge in [0.1, 0.15) is 0 Å². The normalized spacial score (nSPS) is 12.8. The van der Waals surface area contributed by atoms with Crippen LogP contribution < -0.4 is 5.32 Å². The van der Waals surface area contributed by atoms with Crippen LogP contribution in [0.1, 0.15) is 31.7 Å². The van der Waals surface area contributed by atoms with Gasteiger partial charge in [0.05, 0.1) is 0 Å². The summed E-state index contributed by atoms with van der Waals surface area (Å²) >= 11 is 12.1. The van der Waals surface area contributed by atoms with E-state index in [1.165, 1.54) is 0 Å². The van der Waals surface area contributed by atoms with Crippen LogP contribution in [0, 0.1) is 0 Å². The predicted octanol–water partition coefficient (Wildman–Crippen LogP) is 4.10. The number of benzene rings is 1. The Bertz CT molecular complexity index is 312. The van der Waals surface area contributed by atoms with Gasteiger partial charge < -0.3 is 5.32 Å². The summed E-state index contributed by atoms with van der Waals surface area (Å²) in [7, 11) is 0. The second-order valence-corrected chi connectivity index (χ2v) is 4.61. The van der Waals surface area contributed by atoms with E-state index in [0.717, 1.165) is 35.1 Å². The average molecular weight is 246 g/mol. The minimum atomic E-state index is 0.391. The van der Waals surface area contributed by atoms with Crippen molar-refractivity contribution in [2.45, 2.75) is 26.2 Å². The molecule has 1 aromatic rings. The van der Waals surface area contributed by atoms with Crippen molar-refractivity contribution in [3.05, 3.63) is 33.8 Å². The highest BCUT2D eigenvalue weighted by molar-refractivity contribution is 6.33. The van der Waals surface area contributed by atoms with E-state index in [1.807, 2.05) is 18.2 Å². The third kappa shape index (κ3) is 4.02. The second kappa shape index (κ2) is 6.37. The SMILES string of the molecule is CCCNCC(C)c1cc(Cl)ccc1Cl. The smallest absolute Gasteiger partial charge is 0.0442 e. The third-order valence-corrected chi connectivity index (χ3v) is 2.95. The van der Waals surface area contributed by atoms with E-state index in [2.05, 4.69) is 19.2 Å². The molecule has 1 aromatic carbocycles. The number of hydrogen-bond donors (Lipinski definition) is 1. The van der Waals surface area contributed by atoms with Crippen LogP contribution in [-0.4, -0.2) is 13.1 Å². The highest BCUT2D eigenvalue weighted by atomic mass is 35.5. The Hall–Kier alpha value is -0.240. The Morgan fingerprint density at radius 3 is 2.73 bits per heavy atom. The van der Waals surface area contributed by atoms with Gasteiger partial charge in [-0.3, -0.25) is 0 Å². The summed E-state index contributed by atoms with van der Waals surface area (Å²) in [5.41, 5.74) is 1.12. The van der Waals surface area contributed by atoms with Crippen molar-refractivity contribution in [1.82, 2.24) is 5.32 Å². The van der Waals surface area contributed by atoms with Crippen LogP contribution in [0.15, 0.2) is 18.2 Å². The molecule has 0 saturated carbocycles. The minimum absolute atomic E-state index is 0.391. The molecule has 0 spiro atoms. The van der Waals surface area contributed by atoms with E-state index < -0.39 is 0 Å². The first-order valence-corrected chi connectivity index (χ1v) is 6.06. The molecule has 0 aromatic heterocycles. The lowest BCUT2D eigenvalue weighted by atomic mass is 10.0. The van der Waals surface area contributed by atoms with Crippen LogP contribution >= 0.6 is 23.2 Å². The fourth-order valence-corrected chi connectivity index (χ4v) is 1.98. The summed E-state index contributed by atoms with van der Waals surface area (Å²) in [6, 6.07) is 5.62. The molecule has 1 N–H and O–H groups in total. The summed E-state index contributed by atoms with van der Waals surface area (Å²) in [5, 5.41) is 4.92. The zero-order chi connectivity index (χ0) is 11.3. The Kier molecular flexibility index (Phi) is 5.44. The molecular weight excluding hydrogens is 229 g/mol. The lowest BCUT2D eigenvalue weighted by molar-refractivity contribution is 0.609. The molecule has 0 heterocycles. The molecule has 1 atom stereocenters. The van der Waals surface area contributed by atoms with Gasteiger partial charge in [-0.2, -0.15) is 0 Å². The fraction of sp³-hybridized carbons (Fsp3) is 0.500. The van der Waals surface area contributed by atoms with Gasteiger partial charge in [0, 0.05) is 16.6 Å². The lowest BCUT2D eigenvalue weighted by Gasteiger charge is -2.14. The van der Waals surface area contributed by atoms with Gasteiger partial charge in [-0.25, -0.2) is 0 Å². The highest BCUT2D eigenvalue weighted by Crippen LogP contribution is 2.27. The second-order valence-electron chi connectivity index (χ2n) is 3.77. The number of halogens is 2. The van der Waals surface area contributed by atoms with Gasteiger partial charge in [0.25, 0.3) is 0 Å². The van der Waals surface area contributed by atoms with Crippen molar-refractivity contribution in [3.8, 4) is 0 Å². The van der Waals surface area contributed by atoms with Crippen molar-refractivity contribution in [2.24, 2.45) is 0 Å². The quantitative estimate of drug-likeness (QED) is 0.771. The standard InChI is InChI=1S/C12H17Cl2N/c1-3-6-15-8-9(2)11-7-10(13)4-5-12(11)14/h4-5,7,9,15H,3,6,8H2,1-2H3. The van der Waals surface area contributed by atoms with Gasteiger partial charge in [-0.15, -0.1) is 0 Å². The van der Waals surface area contributed by atoms with Crippen LogP contribution in [-0.2, 0) is 0 Å². The summed E-state index contributed by atoms with van der Waals surface area (Å²) in [4.78, 5) is 0. The van der Waals surface area contributed by atoms with E-state index in [-0.39, 0.29) is 0 Å². The molecule has 0 aliphatic heterocycles. The number of hydrogen-bond acceptors (Lipinski definition) is 1. The maximum atomic E-state index is 6.12. The zero-order valence-corrected chi connectivity index (χ0v) is 10.7. The molecule has 0 aliphatic carbocycles. The van der Waals surface area contributed by atoms with E-state index in [4.69, 9.17) is 23.2 Å². The van der Waals surface area contributed by atoms with E-state index >= 15 is 0 Å². The van der Waals surface area contributed by atoms with Crippen molar-refractivity contribution >= 4 is 23.2 Å². The van der Waals surface area contributed by atoms with Crippen molar-refractivity contribution < 1.29 is 0 Å². The van der Waals surface area contributed by atoms with E-state index in [9.17, 15) is 0 Å². The summed E-state index contributed by atoms with van der Waals surface area (Å²) in [6.45, 7) is 6.29. The molecule has 0 bridgehead atoms. The molecule has 0 amide bonds. The fourth-order valence-electron chi connectivity index (χ4n) is 1.50. The maximum Gasteiger partial charge on any atom is 0.0442 e. The molecule has 84 valence electrons. The van der Waals surface area contributed by atoms with Crippen molar-refractivity contribution in [2.75, 3.05) is 13.1 Å². The number of nitrogens with one attached hydrogen (secondary N) is 1. The van der Waals surface area contributed by atoms with Crippen LogP contribution in [0.4, 0.5) is 0 Å². The maximum absolute atomic E-state index is 6.12. The first-order valence-electron chi connectivity index (χ1n) is 5.30. The first-order chi connectivity index (χ1) is 7.15. The largest absolute Gasteiger partial charge is 0.316 e. The molecule has 15 heavy (non-hydrogen) atoms. The average Bonchev–Trinajstić information content (AvgIpc) is 2.22. The Morgan fingerprint density at radius 1 is 1.33 bits per heavy atom. The molecule has 0 aliphatic rings. The molecule has 0 fully saturated rings. The van der Waals surface area contributed by atoms with E-state index in [0.29, 0.717) is 5.92 Å². The topological polar surface area (TPSA) is 12.0 Å². The molecule has 0 saturated heterocycles. The van der Waals surface area contributed by atoms with Crippen LogP contribution in [0.2, 0.25) is 10.0 Å². The third-order valence-electron chi connectivity index (χ3n) is 2.37. The zero-order valence-electron chi connectivity index (χ0n) is 9.19. The monoisotopic (exact) mass is 245 g/mol. The number of rotatable bonds is 5. The van der Waals surface area contributed by atoms with Gasteiger partial charge >= 0.3 is 0 Å². The van der Waals surface area contributed by atoms with Crippen molar-refractivity contribution in [1.29, 1.82) is 0 Å². The highest BCUT2D eigenvalue weighted by Gasteiger charge is 2.09. The molecule has 1 unspecified atom stereocenters. The Morgan fingerprint density at radius 2 is 2.07 bits per heavy atom. The first kappa shape index (κ1) is 12.8.